The standard InChI is InChI=1S/C24H31N3O5S2/c1-4-6-33-22-20(29)12-8-15-19-13(24(31)32)9-14(26(19)3)16(10-25)27(15)17(11-28)18(12)21(30)23(22)34-7-5-2/h13-17,19,28H,4-9,11H2,1-3H3,(H,31,32)/t13-,14+,15+,16?,17+,19-/m1/s1. The van der Waals surface area contributed by atoms with Crippen molar-refractivity contribution in [2.75, 3.05) is 25.2 Å². The van der Waals surface area contributed by atoms with Gasteiger partial charge in [0.15, 0.2) is 11.6 Å². The summed E-state index contributed by atoms with van der Waals surface area (Å²) in [5, 5.41) is 30.5. The van der Waals surface area contributed by atoms with Gasteiger partial charge in [0.05, 0.1) is 34.4 Å². The number of fused-ring (bicyclic) bond motifs is 4. The lowest BCUT2D eigenvalue weighted by Crippen LogP contribution is -2.69. The third-order valence-corrected chi connectivity index (χ3v) is 10.2. The number of carbonyl (C=O) groups excluding carboxylic acids is 2. The van der Waals surface area contributed by atoms with E-state index in [1.54, 1.807) is 0 Å². The van der Waals surface area contributed by atoms with E-state index < -0.39 is 42.7 Å². The summed E-state index contributed by atoms with van der Waals surface area (Å²) >= 11 is 2.80. The lowest BCUT2D eigenvalue weighted by atomic mass is 9.76. The molecule has 184 valence electrons. The van der Waals surface area contributed by atoms with Gasteiger partial charge in [-0.3, -0.25) is 24.2 Å². The number of ketones is 2. The van der Waals surface area contributed by atoms with Gasteiger partial charge in [-0.1, -0.05) is 13.8 Å². The summed E-state index contributed by atoms with van der Waals surface area (Å²) in [5.41, 5.74) is 0.698. The van der Waals surface area contributed by atoms with E-state index in [1.807, 2.05) is 30.7 Å². The van der Waals surface area contributed by atoms with Crippen molar-refractivity contribution in [2.45, 2.75) is 69.7 Å². The summed E-state index contributed by atoms with van der Waals surface area (Å²) in [7, 11) is 1.84. The molecule has 3 aliphatic heterocycles. The van der Waals surface area contributed by atoms with Gasteiger partial charge in [-0.25, -0.2) is 0 Å². The van der Waals surface area contributed by atoms with Crippen LogP contribution >= 0.6 is 23.5 Å². The number of carboxylic acid groups (broad SMARTS) is 1. The largest absolute Gasteiger partial charge is 0.481 e. The Morgan fingerprint density at radius 2 is 1.74 bits per heavy atom. The van der Waals surface area contributed by atoms with Gasteiger partial charge in [-0.05, 0) is 44.2 Å². The molecular formula is C24H31N3O5S2. The number of aliphatic hydroxyl groups excluding tert-OH is 1. The zero-order valence-corrected chi connectivity index (χ0v) is 21.3. The van der Waals surface area contributed by atoms with Crippen LogP contribution in [0.25, 0.3) is 0 Å². The molecule has 0 saturated carbocycles. The molecule has 34 heavy (non-hydrogen) atoms. The second kappa shape index (κ2) is 10.2. The van der Waals surface area contributed by atoms with Crippen molar-refractivity contribution >= 4 is 41.1 Å². The van der Waals surface area contributed by atoms with E-state index in [1.165, 1.54) is 23.5 Å². The highest BCUT2D eigenvalue weighted by molar-refractivity contribution is 8.08. The fraction of sp³-hybridized carbons (Fsp3) is 0.667. The first-order chi connectivity index (χ1) is 16.3. The number of nitrogens with zero attached hydrogens (tertiary/aromatic N) is 3. The molecule has 0 aromatic heterocycles. The summed E-state index contributed by atoms with van der Waals surface area (Å²) in [6.45, 7) is 3.63. The molecule has 2 N–H and O–H groups in total. The van der Waals surface area contributed by atoms with Gasteiger partial charge in [0.2, 0.25) is 0 Å². The van der Waals surface area contributed by atoms with E-state index >= 15 is 0 Å². The first-order valence-corrected chi connectivity index (χ1v) is 13.8. The lowest BCUT2D eigenvalue weighted by molar-refractivity contribution is -0.144. The molecule has 2 fully saturated rings. The predicted octanol–water partition coefficient (Wildman–Crippen LogP) is 2.05. The van der Waals surface area contributed by atoms with Crippen molar-refractivity contribution in [3.63, 3.8) is 0 Å². The third-order valence-electron chi connectivity index (χ3n) is 7.46. The molecule has 0 aromatic rings. The Bertz CT molecular complexity index is 1000. The summed E-state index contributed by atoms with van der Waals surface area (Å²) in [5.74, 6) is -0.552. The topological polar surface area (TPSA) is 122 Å². The first kappa shape index (κ1) is 25.5. The second-order valence-electron chi connectivity index (χ2n) is 9.30. The highest BCUT2D eigenvalue weighted by Crippen LogP contribution is 2.50. The molecule has 2 bridgehead atoms. The number of aliphatic hydroxyl groups is 1. The molecular weight excluding hydrogens is 474 g/mol. The van der Waals surface area contributed by atoms with Crippen LogP contribution in [0.2, 0.25) is 0 Å². The number of carbonyl (C=O) groups is 3. The smallest absolute Gasteiger partial charge is 0.308 e. The van der Waals surface area contributed by atoms with Crippen LogP contribution in [0.15, 0.2) is 21.0 Å². The van der Waals surface area contributed by atoms with Crippen molar-refractivity contribution in [1.82, 2.24) is 9.80 Å². The van der Waals surface area contributed by atoms with E-state index in [0.29, 0.717) is 33.1 Å². The minimum Gasteiger partial charge on any atom is -0.481 e. The Kier molecular flexibility index (Phi) is 7.60. The number of carboxylic acids is 1. The van der Waals surface area contributed by atoms with E-state index in [-0.39, 0.29) is 24.0 Å². The molecule has 0 radical (unpaired) electrons. The second-order valence-corrected chi connectivity index (χ2v) is 11.5. The van der Waals surface area contributed by atoms with Gasteiger partial charge in [-0.2, -0.15) is 5.26 Å². The zero-order chi connectivity index (χ0) is 24.7. The van der Waals surface area contributed by atoms with Crippen molar-refractivity contribution in [3.8, 4) is 6.07 Å². The van der Waals surface area contributed by atoms with Crippen molar-refractivity contribution in [3.05, 3.63) is 21.0 Å². The first-order valence-electron chi connectivity index (χ1n) is 11.9. The third kappa shape index (κ3) is 3.86. The van der Waals surface area contributed by atoms with E-state index in [2.05, 4.69) is 6.07 Å². The van der Waals surface area contributed by atoms with Crippen LogP contribution in [0.3, 0.4) is 0 Å². The monoisotopic (exact) mass is 505 g/mol. The number of hydrogen-bond acceptors (Lipinski definition) is 9. The molecule has 0 aromatic carbocycles. The fourth-order valence-electron chi connectivity index (χ4n) is 6.09. The predicted molar refractivity (Wildman–Crippen MR) is 131 cm³/mol. The van der Waals surface area contributed by atoms with Crippen LogP contribution in [-0.4, -0.2) is 92.9 Å². The average Bonchev–Trinajstić information content (AvgIpc) is 3.07. The molecule has 8 nitrogen and oxygen atoms in total. The maximum Gasteiger partial charge on any atom is 0.308 e. The zero-order valence-electron chi connectivity index (χ0n) is 19.7. The number of piperazine rings is 1. The summed E-state index contributed by atoms with van der Waals surface area (Å²) in [4.78, 5) is 44.4. The normalized spacial score (nSPS) is 33.7. The Morgan fingerprint density at radius 3 is 2.26 bits per heavy atom. The van der Waals surface area contributed by atoms with Crippen LogP contribution in [0, 0.1) is 17.2 Å². The van der Waals surface area contributed by atoms with Crippen molar-refractivity contribution < 1.29 is 24.6 Å². The molecule has 2 saturated heterocycles. The van der Waals surface area contributed by atoms with Crippen LogP contribution in [0.1, 0.15) is 39.5 Å². The minimum atomic E-state index is -0.915. The number of Topliss-reactive ketones (excluding diaryl/α,β-unsaturated/α-hetero) is 2. The number of allylic oxidation sites excluding steroid dienone is 2. The van der Waals surface area contributed by atoms with Gasteiger partial charge in [0.1, 0.15) is 6.04 Å². The highest BCUT2D eigenvalue weighted by atomic mass is 32.2. The van der Waals surface area contributed by atoms with Gasteiger partial charge in [0.25, 0.3) is 0 Å². The van der Waals surface area contributed by atoms with E-state index in [9.17, 15) is 29.9 Å². The summed E-state index contributed by atoms with van der Waals surface area (Å²) in [6.07, 6.45) is 2.26. The molecule has 4 rings (SSSR count). The van der Waals surface area contributed by atoms with Crippen LogP contribution in [0.5, 0.6) is 0 Å². The van der Waals surface area contributed by atoms with Gasteiger partial charge < -0.3 is 10.2 Å². The fourth-order valence-corrected chi connectivity index (χ4v) is 8.20. The SMILES string of the molecule is CCCSC1=C(SCCC)C(=O)C2=C(C[C@H]3[C@H]4[C@H](C(=O)O)C[C@@H](C(C#N)N3[C@H]2CO)N4C)C1=O. The molecule has 6 atom stereocenters. The number of aliphatic carboxylic acids is 1. The number of nitriles is 1. The molecule has 4 aliphatic rings. The summed E-state index contributed by atoms with van der Waals surface area (Å²) in [6, 6.07) is -0.283. The highest BCUT2D eigenvalue weighted by Gasteiger charge is 2.61. The summed E-state index contributed by atoms with van der Waals surface area (Å²) < 4.78 is 0. The number of thioether (sulfide) groups is 2. The minimum absolute atomic E-state index is 0.173. The maximum absolute atomic E-state index is 13.8. The molecule has 1 aliphatic carbocycles. The van der Waals surface area contributed by atoms with Crippen LogP contribution in [-0.2, 0) is 14.4 Å². The maximum atomic E-state index is 13.8. The molecule has 0 amide bonds. The molecule has 10 heteroatoms. The van der Waals surface area contributed by atoms with Gasteiger partial charge in [0, 0.05) is 29.3 Å². The molecule has 1 unspecified atom stereocenters. The molecule has 0 spiro atoms. The van der Waals surface area contributed by atoms with Crippen molar-refractivity contribution in [1.29, 1.82) is 5.26 Å². The Morgan fingerprint density at radius 1 is 1.12 bits per heavy atom. The quantitative estimate of drug-likeness (QED) is 0.474. The number of rotatable bonds is 8. The van der Waals surface area contributed by atoms with E-state index in [0.717, 1.165) is 18.6 Å². The Balaban J connectivity index is 1.82. The number of likely N-dealkylation sites (N-methyl/N-ethyl adjacent to an activating group) is 1. The van der Waals surface area contributed by atoms with Gasteiger partial charge in [-0.15, -0.1) is 23.5 Å². The van der Waals surface area contributed by atoms with Crippen molar-refractivity contribution in [2.24, 2.45) is 5.92 Å². The average molecular weight is 506 g/mol. The van der Waals surface area contributed by atoms with Crippen LogP contribution in [0.4, 0.5) is 0 Å². The molecule has 3 heterocycles. The number of hydrogen-bond donors (Lipinski definition) is 2. The Hall–Kier alpha value is -1.64. The Labute approximate surface area is 208 Å². The lowest BCUT2D eigenvalue weighted by Gasteiger charge is -2.54. The van der Waals surface area contributed by atoms with E-state index in [4.69, 9.17) is 0 Å². The van der Waals surface area contributed by atoms with Crippen LogP contribution < -0.4 is 0 Å². The van der Waals surface area contributed by atoms with Gasteiger partial charge >= 0.3 is 5.97 Å².